The predicted molar refractivity (Wildman–Crippen MR) is 103 cm³/mol. The lowest BCUT2D eigenvalue weighted by Crippen LogP contribution is -2.45. The molecule has 130 valence electrons. The maximum Gasteiger partial charge on any atom is 0.225 e. The molecule has 2 fully saturated rings. The van der Waals surface area contributed by atoms with Crippen molar-refractivity contribution in [3.05, 3.63) is 34.2 Å². The van der Waals surface area contributed by atoms with E-state index in [-0.39, 0.29) is 12.4 Å². The molecule has 2 aromatic rings. The first-order chi connectivity index (χ1) is 11.2. The van der Waals surface area contributed by atoms with E-state index in [1.165, 1.54) is 9.58 Å². The molecule has 3 nitrogen and oxygen atoms in total. The van der Waals surface area contributed by atoms with Gasteiger partial charge in [-0.25, -0.2) is 0 Å². The highest BCUT2D eigenvalue weighted by molar-refractivity contribution is 7.19. The maximum absolute atomic E-state index is 12.1. The highest BCUT2D eigenvalue weighted by Gasteiger charge is 2.34. The van der Waals surface area contributed by atoms with E-state index in [1.807, 2.05) is 6.07 Å². The Bertz CT molecular complexity index is 721. The fraction of sp³-hybridized carbons (Fsp3) is 0.500. The van der Waals surface area contributed by atoms with Crippen LogP contribution in [0.5, 0.6) is 0 Å². The van der Waals surface area contributed by atoms with E-state index in [1.54, 1.807) is 11.3 Å². The summed E-state index contributed by atoms with van der Waals surface area (Å²) in [6.45, 7) is 2.61. The maximum atomic E-state index is 12.1. The van der Waals surface area contributed by atoms with Crippen LogP contribution in [0.3, 0.4) is 0 Å². The zero-order chi connectivity index (χ0) is 15.8. The molecular formula is C18H22Cl2N2OS. The summed E-state index contributed by atoms with van der Waals surface area (Å²) in [5.41, 5.74) is 0. The first kappa shape index (κ1) is 18.0. The standard InChI is InChI=1S/C18H21ClN2OS.ClH/c19-17-14-3-1-2-4-15(14)23-16(17)11-20-13-7-9-21(10-8-13)18(22)12-5-6-12;/h1-4,12-13,20H,5-11H2;1H. The van der Waals surface area contributed by atoms with Gasteiger partial charge in [0.05, 0.1) is 5.02 Å². The number of hydrogen-bond donors (Lipinski definition) is 1. The molecule has 1 aromatic carbocycles. The second-order valence-corrected chi connectivity index (χ2v) is 8.10. The van der Waals surface area contributed by atoms with Crippen LogP contribution in [0.2, 0.25) is 5.02 Å². The van der Waals surface area contributed by atoms with Gasteiger partial charge >= 0.3 is 0 Å². The Kier molecular flexibility index (Phi) is 5.70. The lowest BCUT2D eigenvalue weighted by Gasteiger charge is -2.32. The van der Waals surface area contributed by atoms with Crippen molar-refractivity contribution in [3.8, 4) is 0 Å². The van der Waals surface area contributed by atoms with E-state index >= 15 is 0 Å². The van der Waals surface area contributed by atoms with Gasteiger partial charge in [-0.3, -0.25) is 4.79 Å². The average Bonchev–Trinajstić information content (AvgIpc) is 3.39. The monoisotopic (exact) mass is 384 g/mol. The Labute approximate surface area is 157 Å². The van der Waals surface area contributed by atoms with Crippen molar-refractivity contribution in [3.63, 3.8) is 0 Å². The Balaban J connectivity index is 0.00000169. The number of thiophene rings is 1. The number of benzene rings is 1. The van der Waals surface area contributed by atoms with Gasteiger partial charge in [-0.15, -0.1) is 23.7 Å². The molecule has 0 radical (unpaired) electrons. The number of rotatable bonds is 4. The fourth-order valence-corrected chi connectivity index (χ4v) is 4.76. The van der Waals surface area contributed by atoms with Crippen LogP contribution in [0.1, 0.15) is 30.6 Å². The minimum atomic E-state index is 0. The molecule has 24 heavy (non-hydrogen) atoms. The number of likely N-dealkylation sites (tertiary alicyclic amines) is 1. The van der Waals surface area contributed by atoms with Crippen molar-refractivity contribution >= 4 is 51.3 Å². The zero-order valence-corrected chi connectivity index (χ0v) is 15.9. The van der Waals surface area contributed by atoms with Gasteiger partial charge in [-0.05, 0) is 31.7 Å². The smallest absolute Gasteiger partial charge is 0.225 e. The summed E-state index contributed by atoms with van der Waals surface area (Å²) in [6, 6.07) is 8.78. The number of nitrogens with one attached hydrogen (secondary N) is 1. The fourth-order valence-electron chi connectivity index (χ4n) is 3.31. The van der Waals surface area contributed by atoms with Gasteiger partial charge in [0.1, 0.15) is 0 Å². The molecule has 2 heterocycles. The number of carbonyl (C=O) groups excluding carboxylic acids is 1. The van der Waals surface area contributed by atoms with E-state index in [0.29, 0.717) is 17.9 Å². The van der Waals surface area contributed by atoms with Crippen LogP contribution in [-0.4, -0.2) is 29.9 Å². The summed E-state index contributed by atoms with van der Waals surface area (Å²) in [6.07, 6.45) is 4.28. The van der Waals surface area contributed by atoms with Crippen molar-refractivity contribution in [2.75, 3.05) is 13.1 Å². The van der Waals surface area contributed by atoms with Crippen molar-refractivity contribution in [2.24, 2.45) is 5.92 Å². The van der Waals surface area contributed by atoms with E-state index in [9.17, 15) is 4.79 Å². The van der Waals surface area contributed by atoms with Gasteiger partial charge in [0.15, 0.2) is 0 Å². The van der Waals surface area contributed by atoms with Crippen molar-refractivity contribution in [2.45, 2.75) is 38.3 Å². The molecule has 1 saturated heterocycles. The second kappa shape index (κ2) is 7.61. The minimum absolute atomic E-state index is 0. The molecule has 0 unspecified atom stereocenters. The van der Waals surface area contributed by atoms with Crippen LogP contribution in [0.4, 0.5) is 0 Å². The molecule has 1 N–H and O–H groups in total. The van der Waals surface area contributed by atoms with Crippen LogP contribution < -0.4 is 5.32 Å². The lowest BCUT2D eigenvalue weighted by atomic mass is 10.0. The van der Waals surface area contributed by atoms with E-state index in [0.717, 1.165) is 55.7 Å². The minimum Gasteiger partial charge on any atom is -0.342 e. The van der Waals surface area contributed by atoms with Crippen LogP contribution in [0, 0.1) is 5.92 Å². The van der Waals surface area contributed by atoms with Gasteiger partial charge in [0.25, 0.3) is 0 Å². The Morgan fingerprint density at radius 2 is 1.92 bits per heavy atom. The lowest BCUT2D eigenvalue weighted by molar-refractivity contribution is -0.133. The summed E-state index contributed by atoms with van der Waals surface area (Å²) in [5.74, 6) is 0.730. The summed E-state index contributed by atoms with van der Waals surface area (Å²) in [4.78, 5) is 15.4. The molecule has 0 spiro atoms. The highest BCUT2D eigenvalue weighted by atomic mass is 35.5. The molecule has 1 aliphatic carbocycles. The first-order valence-corrected chi connectivity index (χ1v) is 9.60. The molecule has 4 rings (SSSR count). The first-order valence-electron chi connectivity index (χ1n) is 8.40. The quantitative estimate of drug-likeness (QED) is 0.843. The van der Waals surface area contributed by atoms with Crippen LogP contribution in [0.15, 0.2) is 24.3 Å². The number of carbonyl (C=O) groups is 1. The van der Waals surface area contributed by atoms with E-state index in [2.05, 4.69) is 28.4 Å². The van der Waals surface area contributed by atoms with Gasteiger partial charge in [0.2, 0.25) is 5.91 Å². The number of nitrogens with zero attached hydrogens (tertiary/aromatic N) is 1. The van der Waals surface area contributed by atoms with E-state index < -0.39 is 0 Å². The van der Waals surface area contributed by atoms with Gasteiger partial charge < -0.3 is 10.2 Å². The summed E-state index contributed by atoms with van der Waals surface area (Å²) < 4.78 is 1.25. The Morgan fingerprint density at radius 3 is 2.58 bits per heavy atom. The van der Waals surface area contributed by atoms with Crippen molar-refractivity contribution in [1.82, 2.24) is 10.2 Å². The van der Waals surface area contributed by atoms with Gasteiger partial charge in [-0.1, -0.05) is 29.8 Å². The summed E-state index contributed by atoms with van der Waals surface area (Å²) >= 11 is 8.27. The van der Waals surface area contributed by atoms with Crippen LogP contribution in [0.25, 0.3) is 10.1 Å². The predicted octanol–water partition coefficient (Wildman–Crippen LogP) is 4.47. The third kappa shape index (κ3) is 3.72. The molecule has 6 heteroatoms. The third-order valence-electron chi connectivity index (χ3n) is 4.89. The summed E-state index contributed by atoms with van der Waals surface area (Å²) in [7, 11) is 0. The van der Waals surface area contributed by atoms with E-state index in [4.69, 9.17) is 11.6 Å². The largest absolute Gasteiger partial charge is 0.342 e. The summed E-state index contributed by atoms with van der Waals surface area (Å²) in [5, 5.41) is 5.67. The second-order valence-electron chi connectivity index (χ2n) is 6.59. The molecule has 1 saturated carbocycles. The van der Waals surface area contributed by atoms with Gasteiger partial charge in [-0.2, -0.15) is 0 Å². The Morgan fingerprint density at radius 1 is 1.21 bits per heavy atom. The molecule has 2 aliphatic rings. The van der Waals surface area contributed by atoms with Crippen molar-refractivity contribution < 1.29 is 4.79 Å². The van der Waals surface area contributed by atoms with Crippen LogP contribution >= 0.6 is 35.3 Å². The topological polar surface area (TPSA) is 32.3 Å². The van der Waals surface area contributed by atoms with Gasteiger partial charge in [0, 0.05) is 46.6 Å². The van der Waals surface area contributed by atoms with Crippen molar-refractivity contribution in [1.29, 1.82) is 0 Å². The average molecular weight is 385 g/mol. The number of piperidine rings is 1. The molecule has 1 aromatic heterocycles. The molecule has 1 aliphatic heterocycles. The molecule has 0 atom stereocenters. The highest BCUT2D eigenvalue weighted by Crippen LogP contribution is 2.35. The zero-order valence-electron chi connectivity index (χ0n) is 13.5. The van der Waals surface area contributed by atoms with Crippen LogP contribution in [-0.2, 0) is 11.3 Å². The molecule has 0 bridgehead atoms. The molecule has 1 amide bonds. The normalized spacial score (nSPS) is 18.6. The number of hydrogen-bond acceptors (Lipinski definition) is 3. The SMILES string of the molecule is Cl.O=C(C1CC1)N1CCC(NCc2sc3ccccc3c2Cl)CC1. The number of fused-ring (bicyclic) bond motifs is 1. The molecular weight excluding hydrogens is 363 g/mol. The number of halogens is 2. The number of amides is 1. The third-order valence-corrected chi connectivity index (χ3v) is 6.60. The Hall–Kier alpha value is -0.810.